The van der Waals surface area contributed by atoms with Crippen molar-refractivity contribution in [2.45, 2.75) is 62.4 Å². The first-order valence-electron chi connectivity index (χ1n) is 12.1. The second-order valence-electron chi connectivity index (χ2n) is 9.75. The molecular weight excluding hydrogens is 432 g/mol. The molecule has 3 aliphatic rings. The minimum absolute atomic E-state index is 0.0336. The summed E-state index contributed by atoms with van der Waals surface area (Å²) in [5.41, 5.74) is 3.68. The molecule has 7 nitrogen and oxygen atoms in total. The van der Waals surface area contributed by atoms with Gasteiger partial charge < -0.3 is 20.5 Å². The SMILES string of the molecule is O=C(NC1(C(=O)NC2CCC(C(=O)O)CC2)CCC1)OCC1c2ccccc2-c2ccccc21. The van der Waals surface area contributed by atoms with Gasteiger partial charge in [0.15, 0.2) is 0 Å². The number of alkyl carbamates (subject to hydrolysis) is 1. The summed E-state index contributed by atoms with van der Waals surface area (Å²) in [7, 11) is 0. The first-order valence-corrected chi connectivity index (χ1v) is 12.1. The third-order valence-corrected chi connectivity index (χ3v) is 7.74. The fraction of sp³-hybridized carbons (Fsp3) is 0.444. The van der Waals surface area contributed by atoms with E-state index in [0.717, 1.165) is 17.5 Å². The van der Waals surface area contributed by atoms with E-state index >= 15 is 0 Å². The summed E-state index contributed by atoms with van der Waals surface area (Å²) in [6.45, 7) is 0.205. The molecule has 7 heteroatoms. The molecule has 0 aliphatic heterocycles. The lowest BCUT2D eigenvalue weighted by Crippen LogP contribution is -2.64. The summed E-state index contributed by atoms with van der Waals surface area (Å²) >= 11 is 0. The largest absolute Gasteiger partial charge is 0.481 e. The van der Waals surface area contributed by atoms with E-state index in [4.69, 9.17) is 4.74 Å². The van der Waals surface area contributed by atoms with E-state index in [1.54, 1.807) is 0 Å². The molecule has 0 bridgehead atoms. The number of carboxylic acids is 1. The van der Waals surface area contributed by atoms with Crippen molar-refractivity contribution in [2.75, 3.05) is 6.61 Å². The molecule has 3 N–H and O–H groups in total. The fourth-order valence-electron chi connectivity index (χ4n) is 5.58. The van der Waals surface area contributed by atoms with Crippen LogP contribution < -0.4 is 10.6 Å². The third-order valence-electron chi connectivity index (χ3n) is 7.74. The van der Waals surface area contributed by atoms with Gasteiger partial charge in [0.1, 0.15) is 12.1 Å². The highest BCUT2D eigenvalue weighted by molar-refractivity contribution is 5.91. The predicted molar refractivity (Wildman–Crippen MR) is 126 cm³/mol. The molecule has 5 rings (SSSR count). The summed E-state index contributed by atoms with van der Waals surface area (Å²) in [5.74, 6) is -1.32. The Morgan fingerprint density at radius 3 is 2.03 bits per heavy atom. The van der Waals surface area contributed by atoms with Crippen LogP contribution in [0, 0.1) is 5.92 Å². The number of nitrogens with one attached hydrogen (secondary N) is 2. The van der Waals surface area contributed by atoms with Crippen LogP contribution in [0.3, 0.4) is 0 Å². The molecule has 2 aromatic carbocycles. The van der Waals surface area contributed by atoms with Crippen LogP contribution in [-0.4, -0.2) is 41.3 Å². The predicted octanol–water partition coefficient (Wildman–Crippen LogP) is 4.21. The zero-order valence-corrected chi connectivity index (χ0v) is 19.1. The lowest BCUT2D eigenvalue weighted by molar-refractivity contribution is -0.143. The Kier molecular flexibility index (Phi) is 6.02. The number of hydrogen-bond donors (Lipinski definition) is 3. The first kappa shape index (κ1) is 22.4. The average molecular weight is 463 g/mol. The number of amides is 2. The van der Waals surface area contributed by atoms with Crippen LogP contribution in [0.1, 0.15) is 62.0 Å². The standard InChI is InChI=1S/C27H30N2O5/c30-24(31)17-10-12-18(13-11-17)28-25(32)27(14-5-15-27)29-26(33)34-16-23-21-8-3-1-6-19(21)20-7-2-4-9-22(20)23/h1-4,6-9,17-18,23H,5,10-16H2,(H,28,32)(H,29,33)(H,30,31). The van der Waals surface area contributed by atoms with Gasteiger partial charge in [0, 0.05) is 12.0 Å². The van der Waals surface area contributed by atoms with Gasteiger partial charge in [0.05, 0.1) is 5.92 Å². The maximum absolute atomic E-state index is 13.1. The van der Waals surface area contributed by atoms with Crippen molar-refractivity contribution in [3.63, 3.8) is 0 Å². The fourth-order valence-corrected chi connectivity index (χ4v) is 5.58. The van der Waals surface area contributed by atoms with Crippen molar-refractivity contribution >= 4 is 18.0 Å². The number of hydrogen-bond acceptors (Lipinski definition) is 4. The number of aliphatic carboxylic acids is 1. The minimum Gasteiger partial charge on any atom is -0.481 e. The maximum Gasteiger partial charge on any atom is 0.408 e. The Morgan fingerprint density at radius 2 is 1.50 bits per heavy atom. The lowest BCUT2D eigenvalue weighted by atomic mass is 9.75. The smallest absolute Gasteiger partial charge is 0.408 e. The highest BCUT2D eigenvalue weighted by Gasteiger charge is 2.47. The number of carboxylic acid groups (broad SMARTS) is 1. The molecule has 0 atom stereocenters. The van der Waals surface area contributed by atoms with Crippen molar-refractivity contribution < 1.29 is 24.2 Å². The molecule has 0 radical (unpaired) electrons. The maximum atomic E-state index is 13.1. The highest BCUT2D eigenvalue weighted by Crippen LogP contribution is 2.44. The molecular formula is C27H30N2O5. The zero-order valence-electron chi connectivity index (χ0n) is 19.1. The van der Waals surface area contributed by atoms with Gasteiger partial charge in [-0.1, -0.05) is 48.5 Å². The van der Waals surface area contributed by atoms with Crippen molar-refractivity contribution in [1.82, 2.24) is 10.6 Å². The number of carbonyl (C=O) groups excluding carboxylic acids is 2. The van der Waals surface area contributed by atoms with Crippen LogP contribution in [0.4, 0.5) is 4.79 Å². The molecule has 0 spiro atoms. The van der Waals surface area contributed by atoms with E-state index in [-0.39, 0.29) is 30.4 Å². The summed E-state index contributed by atoms with van der Waals surface area (Å²) in [5, 5.41) is 15.1. The monoisotopic (exact) mass is 462 g/mol. The highest BCUT2D eigenvalue weighted by atomic mass is 16.5. The Labute approximate surface area is 198 Å². The van der Waals surface area contributed by atoms with Crippen molar-refractivity contribution in [3.05, 3.63) is 59.7 Å². The number of rotatable bonds is 6. The Balaban J connectivity index is 1.19. The van der Waals surface area contributed by atoms with E-state index in [1.807, 2.05) is 24.3 Å². The number of ether oxygens (including phenoxy) is 1. The van der Waals surface area contributed by atoms with Gasteiger partial charge in [-0.25, -0.2) is 4.79 Å². The van der Waals surface area contributed by atoms with Gasteiger partial charge in [0.2, 0.25) is 5.91 Å². The Hall–Kier alpha value is -3.35. The van der Waals surface area contributed by atoms with Crippen molar-refractivity contribution in [1.29, 1.82) is 0 Å². The van der Waals surface area contributed by atoms with E-state index in [2.05, 4.69) is 34.9 Å². The normalized spacial score (nSPS) is 22.6. The summed E-state index contributed by atoms with van der Waals surface area (Å²) in [6.07, 6.45) is 3.85. The Bertz CT molecular complexity index is 1060. The van der Waals surface area contributed by atoms with E-state index in [9.17, 15) is 19.5 Å². The van der Waals surface area contributed by atoms with Gasteiger partial charge >= 0.3 is 12.1 Å². The van der Waals surface area contributed by atoms with E-state index in [0.29, 0.717) is 38.5 Å². The lowest BCUT2D eigenvalue weighted by Gasteiger charge is -2.41. The first-order chi connectivity index (χ1) is 16.5. The van der Waals surface area contributed by atoms with Gasteiger partial charge in [-0.15, -0.1) is 0 Å². The van der Waals surface area contributed by atoms with Gasteiger partial charge in [-0.2, -0.15) is 0 Å². The Morgan fingerprint density at radius 1 is 0.912 bits per heavy atom. The van der Waals surface area contributed by atoms with Gasteiger partial charge in [-0.3, -0.25) is 9.59 Å². The van der Waals surface area contributed by atoms with E-state index in [1.165, 1.54) is 11.1 Å². The van der Waals surface area contributed by atoms with Gasteiger partial charge in [-0.05, 0) is 67.2 Å². The topological polar surface area (TPSA) is 105 Å². The molecule has 2 saturated carbocycles. The molecule has 0 heterocycles. The molecule has 178 valence electrons. The molecule has 2 fully saturated rings. The molecule has 0 unspecified atom stereocenters. The second kappa shape index (κ2) is 9.12. The molecule has 0 aromatic heterocycles. The van der Waals surface area contributed by atoms with Crippen LogP contribution in [-0.2, 0) is 14.3 Å². The number of benzene rings is 2. The van der Waals surface area contributed by atoms with Crippen LogP contribution >= 0.6 is 0 Å². The van der Waals surface area contributed by atoms with Crippen LogP contribution in [0.5, 0.6) is 0 Å². The van der Waals surface area contributed by atoms with Gasteiger partial charge in [0.25, 0.3) is 0 Å². The van der Waals surface area contributed by atoms with Crippen LogP contribution in [0.25, 0.3) is 11.1 Å². The molecule has 34 heavy (non-hydrogen) atoms. The number of carbonyl (C=O) groups is 3. The van der Waals surface area contributed by atoms with E-state index < -0.39 is 17.6 Å². The molecule has 2 amide bonds. The third kappa shape index (κ3) is 4.15. The summed E-state index contributed by atoms with van der Waals surface area (Å²) < 4.78 is 5.66. The summed E-state index contributed by atoms with van der Waals surface area (Å²) in [6, 6.07) is 16.3. The van der Waals surface area contributed by atoms with Crippen molar-refractivity contribution in [2.24, 2.45) is 5.92 Å². The molecule has 0 saturated heterocycles. The second-order valence-corrected chi connectivity index (χ2v) is 9.75. The quantitative estimate of drug-likeness (QED) is 0.597. The molecule has 2 aromatic rings. The zero-order chi connectivity index (χ0) is 23.7. The van der Waals surface area contributed by atoms with Crippen LogP contribution in [0.2, 0.25) is 0 Å². The molecule has 3 aliphatic carbocycles. The minimum atomic E-state index is -0.938. The average Bonchev–Trinajstić information content (AvgIpc) is 3.14. The summed E-state index contributed by atoms with van der Waals surface area (Å²) in [4.78, 5) is 37.0. The van der Waals surface area contributed by atoms with Crippen LogP contribution in [0.15, 0.2) is 48.5 Å². The number of fused-ring (bicyclic) bond motifs is 3. The van der Waals surface area contributed by atoms with Crippen molar-refractivity contribution in [3.8, 4) is 11.1 Å².